The first-order chi connectivity index (χ1) is 14.6. The molecule has 156 valence electrons. The van der Waals surface area contributed by atoms with E-state index in [-0.39, 0.29) is 13.2 Å². The molecule has 0 bridgehead atoms. The van der Waals surface area contributed by atoms with Gasteiger partial charge < -0.3 is 24.4 Å². The summed E-state index contributed by atoms with van der Waals surface area (Å²) in [5.74, 6) is 0.756. The van der Waals surface area contributed by atoms with Crippen LogP contribution in [0.15, 0.2) is 84.9 Å². The topological polar surface area (TPSA) is 68.2 Å². The Bertz CT molecular complexity index is 887. The number of benzene rings is 3. The second-order valence-electron chi connectivity index (χ2n) is 7.38. The number of rotatable bonds is 7. The monoisotopic (exact) mass is 406 g/mol. The van der Waals surface area contributed by atoms with Crippen LogP contribution in [0.1, 0.15) is 16.7 Å². The van der Waals surface area contributed by atoms with E-state index >= 15 is 0 Å². The van der Waals surface area contributed by atoms with Gasteiger partial charge in [0.1, 0.15) is 29.7 Å². The summed E-state index contributed by atoms with van der Waals surface area (Å²) >= 11 is 0. The van der Waals surface area contributed by atoms with Crippen LogP contribution in [0.3, 0.4) is 0 Å². The molecule has 1 fully saturated rings. The van der Waals surface area contributed by atoms with Crippen LogP contribution in [0.4, 0.5) is 0 Å². The Balaban J connectivity index is 1.82. The Labute approximate surface area is 176 Å². The smallest absolute Gasteiger partial charge is 0.143 e. The SMILES string of the molecule is COc1ccc(C(OC[C@H]2OC[C@H](O)[C@H]2O)(c2ccccc2)c2ccccc2)cc1. The van der Waals surface area contributed by atoms with Gasteiger partial charge in [-0.15, -0.1) is 0 Å². The van der Waals surface area contributed by atoms with Crippen molar-refractivity contribution in [3.05, 3.63) is 102 Å². The fraction of sp³-hybridized carbons (Fsp3) is 0.280. The summed E-state index contributed by atoms with van der Waals surface area (Å²) in [5, 5.41) is 20.1. The van der Waals surface area contributed by atoms with Gasteiger partial charge in [0.05, 0.1) is 20.3 Å². The standard InChI is InChI=1S/C25H26O5/c1-28-21-14-12-20(13-15-21)25(18-8-4-2-5-9-18,19-10-6-3-7-11-19)30-17-23-24(27)22(26)16-29-23/h2-15,22-24,26-27H,16-17H2,1H3/t22-,23+,24+/m0/s1. The van der Waals surface area contributed by atoms with E-state index in [0.29, 0.717) is 0 Å². The van der Waals surface area contributed by atoms with Gasteiger partial charge in [0.15, 0.2) is 0 Å². The molecule has 3 atom stereocenters. The molecule has 1 aliphatic heterocycles. The second kappa shape index (κ2) is 8.98. The molecule has 1 heterocycles. The predicted octanol–water partition coefficient (Wildman–Crippen LogP) is 3.12. The maximum atomic E-state index is 10.3. The molecule has 2 N–H and O–H groups in total. The average Bonchev–Trinajstić information content (AvgIpc) is 3.13. The van der Waals surface area contributed by atoms with Gasteiger partial charge >= 0.3 is 0 Å². The molecule has 0 unspecified atom stereocenters. The van der Waals surface area contributed by atoms with Gasteiger partial charge in [0.2, 0.25) is 0 Å². The lowest BCUT2D eigenvalue weighted by Crippen LogP contribution is -2.39. The van der Waals surface area contributed by atoms with Crippen LogP contribution in [0.25, 0.3) is 0 Å². The lowest BCUT2D eigenvalue weighted by molar-refractivity contribution is -0.0725. The molecule has 30 heavy (non-hydrogen) atoms. The van der Waals surface area contributed by atoms with E-state index in [4.69, 9.17) is 14.2 Å². The van der Waals surface area contributed by atoms with E-state index in [9.17, 15) is 10.2 Å². The van der Waals surface area contributed by atoms with Crippen molar-refractivity contribution >= 4 is 0 Å². The predicted molar refractivity (Wildman–Crippen MR) is 113 cm³/mol. The lowest BCUT2D eigenvalue weighted by Gasteiger charge is -2.37. The highest BCUT2D eigenvalue weighted by atomic mass is 16.6. The number of ether oxygens (including phenoxy) is 3. The van der Waals surface area contributed by atoms with E-state index < -0.39 is 23.9 Å². The lowest BCUT2D eigenvalue weighted by atomic mass is 9.80. The fourth-order valence-electron chi connectivity index (χ4n) is 3.94. The van der Waals surface area contributed by atoms with Crippen molar-refractivity contribution in [1.29, 1.82) is 0 Å². The van der Waals surface area contributed by atoms with Gasteiger partial charge in [0, 0.05) is 0 Å². The molecule has 3 aromatic carbocycles. The van der Waals surface area contributed by atoms with Crippen molar-refractivity contribution < 1.29 is 24.4 Å². The van der Waals surface area contributed by atoms with E-state index in [1.54, 1.807) is 7.11 Å². The molecule has 3 aromatic rings. The Morgan fingerprint density at radius 3 is 1.83 bits per heavy atom. The van der Waals surface area contributed by atoms with Crippen molar-refractivity contribution in [2.75, 3.05) is 20.3 Å². The van der Waals surface area contributed by atoms with E-state index in [1.165, 1.54) is 0 Å². The zero-order valence-corrected chi connectivity index (χ0v) is 16.8. The molecule has 0 aliphatic carbocycles. The number of hydrogen-bond acceptors (Lipinski definition) is 5. The summed E-state index contributed by atoms with van der Waals surface area (Å²) < 4.78 is 17.5. The zero-order chi connectivity index (χ0) is 21.0. The Morgan fingerprint density at radius 2 is 1.37 bits per heavy atom. The van der Waals surface area contributed by atoms with Crippen molar-refractivity contribution in [1.82, 2.24) is 0 Å². The summed E-state index contributed by atoms with van der Waals surface area (Å²) in [6.45, 7) is 0.218. The molecule has 1 aliphatic rings. The van der Waals surface area contributed by atoms with Gasteiger partial charge in [-0.2, -0.15) is 0 Å². The summed E-state index contributed by atoms with van der Waals surface area (Å²) in [6, 6.07) is 27.7. The van der Waals surface area contributed by atoms with Crippen molar-refractivity contribution in [2.24, 2.45) is 0 Å². The Kier molecular flexibility index (Phi) is 6.16. The van der Waals surface area contributed by atoms with Crippen LogP contribution in [0, 0.1) is 0 Å². The van der Waals surface area contributed by atoms with Gasteiger partial charge in [0.25, 0.3) is 0 Å². The largest absolute Gasteiger partial charge is 0.497 e. The molecule has 4 rings (SSSR count). The minimum absolute atomic E-state index is 0.0986. The first-order valence-electron chi connectivity index (χ1n) is 10.0. The van der Waals surface area contributed by atoms with E-state index in [2.05, 4.69) is 0 Å². The van der Waals surface area contributed by atoms with Crippen molar-refractivity contribution in [3.8, 4) is 5.75 Å². The summed E-state index contributed by atoms with van der Waals surface area (Å²) in [7, 11) is 1.64. The van der Waals surface area contributed by atoms with Crippen molar-refractivity contribution in [2.45, 2.75) is 23.9 Å². The third-order valence-corrected chi connectivity index (χ3v) is 5.58. The van der Waals surface area contributed by atoms with Crippen LogP contribution in [0.2, 0.25) is 0 Å². The minimum Gasteiger partial charge on any atom is -0.497 e. The molecule has 1 saturated heterocycles. The third-order valence-electron chi connectivity index (χ3n) is 5.58. The van der Waals surface area contributed by atoms with E-state index in [0.717, 1.165) is 22.4 Å². The summed E-state index contributed by atoms with van der Waals surface area (Å²) in [5.41, 5.74) is 1.91. The normalized spacial score (nSPS) is 21.5. The second-order valence-corrected chi connectivity index (χ2v) is 7.38. The highest BCUT2D eigenvalue weighted by molar-refractivity contribution is 5.48. The average molecular weight is 406 g/mol. The molecule has 5 nitrogen and oxygen atoms in total. The fourth-order valence-corrected chi connectivity index (χ4v) is 3.94. The first kappa shape index (κ1) is 20.6. The van der Waals surface area contributed by atoms with Gasteiger partial charge in [-0.25, -0.2) is 0 Å². The maximum absolute atomic E-state index is 10.3. The molecule has 0 radical (unpaired) electrons. The first-order valence-corrected chi connectivity index (χ1v) is 10.0. The molecular weight excluding hydrogens is 380 g/mol. The van der Waals surface area contributed by atoms with Crippen LogP contribution in [-0.4, -0.2) is 48.8 Å². The highest BCUT2D eigenvalue weighted by Crippen LogP contribution is 2.41. The van der Waals surface area contributed by atoms with Crippen molar-refractivity contribution in [3.63, 3.8) is 0 Å². The molecule has 0 amide bonds. The highest BCUT2D eigenvalue weighted by Gasteiger charge is 2.41. The third kappa shape index (κ3) is 3.85. The molecule has 0 spiro atoms. The van der Waals surface area contributed by atoms with Crippen LogP contribution in [-0.2, 0) is 15.1 Å². The maximum Gasteiger partial charge on any atom is 0.143 e. The minimum atomic E-state index is -0.981. The number of aliphatic hydroxyl groups is 2. The van der Waals surface area contributed by atoms with Crippen LogP contribution >= 0.6 is 0 Å². The van der Waals surface area contributed by atoms with Crippen LogP contribution in [0.5, 0.6) is 5.75 Å². The molecule has 0 saturated carbocycles. The number of hydrogen-bond donors (Lipinski definition) is 2. The quantitative estimate of drug-likeness (QED) is 0.590. The van der Waals surface area contributed by atoms with E-state index in [1.807, 2.05) is 84.9 Å². The molecule has 0 aromatic heterocycles. The van der Waals surface area contributed by atoms with Gasteiger partial charge in [-0.1, -0.05) is 72.8 Å². The molecular formula is C25H26O5. The van der Waals surface area contributed by atoms with Gasteiger partial charge in [-0.3, -0.25) is 0 Å². The Hall–Kier alpha value is -2.70. The number of methoxy groups -OCH3 is 1. The Morgan fingerprint density at radius 1 is 0.833 bits per heavy atom. The number of aliphatic hydroxyl groups excluding tert-OH is 2. The zero-order valence-electron chi connectivity index (χ0n) is 16.8. The summed E-state index contributed by atoms with van der Waals surface area (Å²) in [4.78, 5) is 0. The van der Waals surface area contributed by atoms with Crippen LogP contribution < -0.4 is 4.74 Å². The summed E-state index contributed by atoms with van der Waals surface area (Å²) in [6.07, 6.45) is -2.49. The van der Waals surface area contributed by atoms with Gasteiger partial charge in [-0.05, 0) is 28.8 Å². The molecule has 5 heteroatoms.